The van der Waals surface area contributed by atoms with Crippen LogP contribution in [0.4, 0.5) is 5.82 Å². The van der Waals surface area contributed by atoms with E-state index in [0.717, 1.165) is 51.3 Å². The highest BCUT2D eigenvalue weighted by atomic mass is 32.1. The van der Waals surface area contributed by atoms with Crippen molar-refractivity contribution < 1.29 is 0 Å². The number of nitrogens with one attached hydrogen (secondary N) is 3. The van der Waals surface area contributed by atoms with Crippen LogP contribution >= 0.6 is 11.3 Å². The van der Waals surface area contributed by atoms with Gasteiger partial charge in [-0.25, -0.2) is 4.98 Å². The second-order valence-corrected chi connectivity index (χ2v) is 8.79. The molecule has 6 rings (SSSR count). The van der Waals surface area contributed by atoms with Crippen LogP contribution in [0.3, 0.4) is 0 Å². The molecular formula is C21H21N7S. The Labute approximate surface area is 172 Å². The van der Waals surface area contributed by atoms with E-state index in [1.54, 1.807) is 11.3 Å². The van der Waals surface area contributed by atoms with Gasteiger partial charge in [-0.1, -0.05) is 12.1 Å². The van der Waals surface area contributed by atoms with Crippen LogP contribution in [0.25, 0.3) is 32.6 Å². The van der Waals surface area contributed by atoms with E-state index in [9.17, 15) is 0 Å². The van der Waals surface area contributed by atoms with Crippen molar-refractivity contribution in [2.75, 3.05) is 5.32 Å². The van der Waals surface area contributed by atoms with Gasteiger partial charge >= 0.3 is 0 Å². The summed E-state index contributed by atoms with van der Waals surface area (Å²) in [7, 11) is 0. The lowest BCUT2D eigenvalue weighted by Gasteiger charge is -2.29. The quantitative estimate of drug-likeness (QED) is 0.480. The van der Waals surface area contributed by atoms with Crippen LogP contribution in [0.15, 0.2) is 42.2 Å². The number of anilines is 1. The van der Waals surface area contributed by atoms with E-state index in [-0.39, 0.29) is 0 Å². The highest BCUT2D eigenvalue weighted by Crippen LogP contribution is 2.36. The fraction of sp³-hybridized carbons (Fsp3) is 0.333. The van der Waals surface area contributed by atoms with Gasteiger partial charge in [0.2, 0.25) is 0 Å². The number of H-pyrrole nitrogens is 1. The Kier molecular flexibility index (Phi) is 4.05. The smallest absolute Gasteiger partial charge is 0.148 e. The van der Waals surface area contributed by atoms with Gasteiger partial charge in [0, 0.05) is 41.0 Å². The second-order valence-electron chi connectivity index (χ2n) is 7.93. The maximum Gasteiger partial charge on any atom is 0.148 e. The van der Waals surface area contributed by atoms with Gasteiger partial charge in [-0.3, -0.25) is 5.10 Å². The van der Waals surface area contributed by atoms with E-state index >= 15 is 0 Å². The van der Waals surface area contributed by atoms with Gasteiger partial charge in [-0.2, -0.15) is 5.10 Å². The molecule has 4 aromatic rings. The standard InChI is InChI=1S/C21H21N7S/c1-2-14-8-15(7-13(1)25-14)26-19-6-5-18(27-28-19)17-4-3-16(12-9-23-24-10-12)20-21(17)29-11-22-20/h3-6,9-11,13-15,25H,1-2,7-8H2,(H,23,24)(H,26,28). The van der Waals surface area contributed by atoms with Crippen LogP contribution in [-0.4, -0.2) is 43.5 Å². The number of thiazole rings is 1. The van der Waals surface area contributed by atoms with E-state index in [1.165, 1.54) is 12.8 Å². The number of hydrogen-bond acceptors (Lipinski definition) is 7. The normalized spacial score (nSPS) is 23.5. The van der Waals surface area contributed by atoms with Crippen molar-refractivity contribution in [3.05, 3.63) is 42.2 Å². The Bertz CT molecular complexity index is 1120. The van der Waals surface area contributed by atoms with E-state index in [4.69, 9.17) is 0 Å². The molecule has 5 heterocycles. The van der Waals surface area contributed by atoms with Crippen molar-refractivity contribution in [2.24, 2.45) is 0 Å². The summed E-state index contributed by atoms with van der Waals surface area (Å²) >= 11 is 1.63. The van der Waals surface area contributed by atoms with E-state index in [2.05, 4.69) is 54.2 Å². The average molecular weight is 404 g/mol. The Morgan fingerprint density at radius 3 is 2.62 bits per heavy atom. The predicted octanol–water partition coefficient (Wildman–Crippen LogP) is 3.84. The first kappa shape index (κ1) is 17.1. The maximum atomic E-state index is 4.59. The highest BCUT2D eigenvalue weighted by Gasteiger charge is 2.33. The monoisotopic (exact) mass is 403 g/mol. The number of aromatic nitrogens is 5. The van der Waals surface area contributed by atoms with E-state index < -0.39 is 0 Å². The zero-order chi connectivity index (χ0) is 19.2. The highest BCUT2D eigenvalue weighted by molar-refractivity contribution is 7.17. The van der Waals surface area contributed by atoms with Gasteiger partial charge in [0.25, 0.3) is 0 Å². The average Bonchev–Trinajstić information content (AvgIpc) is 3.49. The van der Waals surface area contributed by atoms with Crippen LogP contribution in [0.2, 0.25) is 0 Å². The third kappa shape index (κ3) is 3.08. The second kappa shape index (κ2) is 6.89. The molecule has 0 radical (unpaired) electrons. The van der Waals surface area contributed by atoms with Gasteiger partial charge in [-0.15, -0.1) is 21.5 Å². The van der Waals surface area contributed by atoms with Crippen LogP contribution < -0.4 is 10.6 Å². The number of nitrogens with zero attached hydrogens (tertiary/aromatic N) is 4. The third-order valence-corrected chi connectivity index (χ3v) is 6.92. The number of benzene rings is 1. The molecule has 2 bridgehead atoms. The zero-order valence-corrected chi connectivity index (χ0v) is 16.6. The van der Waals surface area contributed by atoms with Crippen molar-refractivity contribution in [1.29, 1.82) is 0 Å². The molecule has 0 aliphatic carbocycles. The fourth-order valence-corrected chi connectivity index (χ4v) is 5.56. The Morgan fingerprint density at radius 1 is 1.00 bits per heavy atom. The summed E-state index contributed by atoms with van der Waals surface area (Å²) in [6.45, 7) is 0. The Hall–Kier alpha value is -2.84. The SMILES string of the molecule is c1nc2c(-c3cn[nH]c3)ccc(-c3ccc(NC4CC5CCC(C4)N5)nn3)c2s1. The van der Waals surface area contributed by atoms with Crippen molar-refractivity contribution in [2.45, 2.75) is 43.8 Å². The van der Waals surface area contributed by atoms with Crippen molar-refractivity contribution >= 4 is 27.4 Å². The molecule has 3 aromatic heterocycles. The Morgan fingerprint density at radius 2 is 1.86 bits per heavy atom. The summed E-state index contributed by atoms with van der Waals surface area (Å²) < 4.78 is 1.12. The number of hydrogen-bond donors (Lipinski definition) is 3. The van der Waals surface area contributed by atoms with Crippen LogP contribution in [0.5, 0.6) is 0 Å². The number of aromatic amines is 1. The summed E-state index contributed by atoms with van der Waals surface area (Å²) in [5.74, 6) is 0.857. The number of piperidine rings is 1. The molecule has 2 atom stereocenters. The van der Waals surface area contributed by atoms with Crippen molar-refractivity contribution in [1.82, 2.24) is 30.7 Å². The first-order valence-corrected chi connectivity index (χ1v) is 10.9. The lowest BCUT2D eigenvalue weighted by molar-refractivity contribution is 0.377. The van der Waals surface area contributed by atoms with Crippen LogP contribution in [0, 0.1) is 0 Å². The Balaban J connectivity index is 1.27. The molecule has 1 aromatic carbocycles. The molecule has 0 spiro atoms. The van der Waals surface area contributed by atoms with Crippen LogP contribution in [0.1, 0.15) is 25.7 Å². The molecule has 2 fully saturated rings. The van der Waals surface area contributed by atoms with Gasteiger partial charge in [0.1, 0.15) is 5.82 Å². The summed E-state index contributed by atoms with van der Waals surface area (Å²) in [5, 5.41) is 23.2. The summed E-state index contributed by atoms with van der Waals surface area (Å²) in [5.41, 5.74) is 6.90. The largest absolute Gasteiger partial charge is 0.366 e. The molecule has 8 heteroatoms. The van der Waals surface area contributed by atoms with E-state index in [1.807, 2.05) is 24.0 Å². The molecule has 146 valence electrons. The van der Waals surface area contributed by atoms with Crippen LogP contribution in [-0.2, 0) is 0 Å². The lowest BCUT2D eigenvalue weighted by atomic mass is 10.00. The van der Waals surface area contributed by atoms with Crippen molar-refractivity contribution in [3.8, 4) is 22.4 Å². The molecule has 2 saturated heterocycles. The van der Waals surface area contributed by atoms with Gasteiger partial charge in [0.05, 0.1) is 27.6 Å². The first-order valence-electron chi connectivity index (χ1n) is 10.1. The molecule has 0 saturated carbocycles. The molecular weight excluding hydrogens is 382 g/mol. The first-order chi connectivity index (χ1) is 14.3. The summed E-state index contributed by atoms with van der Waals surface area (Å²) in [4.78, 5) is 4.59. The summed E-state index contributed by atoms with van der Waals surface area (Å²) in [6, 6.07) is 10.1. The lowest BCUT2D eigenvalue weighted by Crippen LogP contribution is -2.43. The zero-order valence-electron chi connectivity index (χ0n) is 15.8. The number of fused-ring (bicyclic) bond motifs is 3. The minimum Gasteiger partial charge on any atom is -0.366 e. The molecule has 2 unspecified atom stereocenters. The van der Waals surface area contributed by atoms with E-state index in [0.29, 0.717) is 18.1 Å². The van der Waals surface area contributed by atoms with Crippen molar-refractivity contribution in [3.63, 3.8) is 0 Å². The molecule has 7 nitrogen and oxygen atoms in total. The molecule has 0 amide bonds. The molecule has 3 N–H and O–H groups in total. The molecule has 29 heavy (non-hydrogen) atoms. The maximum absolute atomic E-state index is 4.59. The summed E-state index contributed by atoms with van der Waals surface area (Å²) in [6.07, 6.45) is 8.64. The molecule has 2 aliphatic heterocycles. The predicted molar refractivity (Wildman–Crippen MR) is 115 cm³/mol. The fourth-order valence-electron chi connectivity index (χ4n) is 4.72. The topological polar surface area (TPSA) is 91.4 Å². The van der Waals surface area contributed by atoms with Gasteiger partial charge in [-0.05, 0) is 37.8 Å². The minimum atomic E-state index is 0.483. The molecule has 2 aliphatic rings. The number of rotatable bonds is 4. The third-order valence-electron chi connectivity index (χ3n) is 6.06. The van der Waals surface area contributed by atoms with Gasteiger partial charge < -0.3 is 10.6 Å². The van der Waals surface area contributed by atoms with Gasteiger partial charge in [0.15, 0.2) is 0 Å². The minimum absolute atomic E-state index is 0.483.